The lowest BCUT2D eigenvalue weighted by Crippen LogP contribution is -2.63. The Kier molecular flexibility index (Phi) is 4.33. The highest BCUT2D eigenvalue weighted by atomic mass is 28.3. The molecular formula is C14H25NSi. The molecule has 1 rings (SSSR count). The summed E-state index contributed by atoms with van der Waals surface area (Å²) in [6.07, 6.45) is 0. The third-order valence-corrected chi connectivity index (χ3v) is 10.00. The van der Waals surface area contributed by atoms with Crippen LogP contribution < -0.4 is 5.19 Å². The Bertz CT molecular complexity index is 295. The molecule has 1 aromatic carbocycles. The zero-order valence-corrected chi connectivity index (χ0v) is 12.5. The second-order valence-corrected chi connectivity index (χ2v) is 10.8. The van der Waals surface area contributed by atoms with Gasteiger partial charge < -0.3 is 4.57 Å². The predicted molar refractivity (Wildman–Crippen MR) is 75.7 cm³/mol. The van der Waals surface area contributed by atoms with Crippen molar-refractivity contribution in [1.82, 2.24) is 4.57 Å². The standard InChI is InChI=1S/C14H25NSi/c1-12(2)16(13(3)4,15(5)6)14-10-8-7-9-11-14/h7-13H,1-6H3. The Morgan fingerprint density at radius 3 is 1.62 bits per heavy atom. The topological polar surface area (TPSA) is 3.24 Å². The van der Waals surface area contributed by atoms with Gasteiger partial charge in [0.1, 0.15) is 0 Å². The summed E-state index contributed by atoms with van der Waals surface area (Å²) in [5, 5.41) is 1.56. The molecule has 0 aromatic heterocycles. The van der Waals surface area contributed by atoms with Gasteiger partial charge in [-0.15, -0.1) is 0 Å². The number of rotatable bonds is 4. The van der Waals surface area contributed by atoms with Crippen LogP contribution >= 0.6 is 0 Å². The van der Waals surface area contributed by atoms with Gasteiger partial charge >= 0.3 is 0 Å². The smallest absolute Gasteiger partial charge is 0.165 e. The molecule has 0 aliphatic heterocycles. The third-order valence-electron chi connectivity index (χ3n) is 3.74. The molecule has 90 valence electrons. The molecule has 1 aromatic rings. The van der Waals surface area contributed by atoms with Gasteiger partial charge in [-0.05, 0) is 30.4 Å². The van der Waals surface area contributed by atoms with Crippen LogP contribution in [0.3, 0.4) is 0 Å². The molecule has 0 saturated carbocycles. The molecule has 0 N–H and O–H groups in total. The summed E-state index contributed by atoms with van der Waals surface area (Å²) in [7, 11) is 2.93. The third kappa shape index (κ3) is 2.09. The van der Waals surface area contributed by atoms with Gasteiger partial charge in [0.05, 0.1) is 0 Å². The van der Waals surface area contributed by atoms with Crippen LogP contribution in [0.25, 0.3) is 0 Å². The molecule has 0 amide bonds. The van der Waals surface area contributed by atoms with E-state index in [9.17, 15) is 0 Å². The summed E-state index contributed by atoms with van der Waals surface area (Å²) in [4.78, 5) is 0. The Morgan fingerprint density at radius 2 is 1.31 bits per heavy atom. The minimum Gasteiger partial charge on any atom is -0.325 e. The van der Waals surface area contributed by atoms with Gasteiger partial charge in [-0.3, -0.25) is 0 Å². The summed E-state index contributed by atoms with van der Waals surface area (Å²) >= 11 is 0. The molecule has 1 nitrogen and oxygen atoms in total. The van der Waals surface area contributed by atoms with E-state index in [0.29, 0.717) is 0 Å². The molecule has 0 aliphatic carbocycles. The first kappa shape index (κ1) is 13.5. The van der Waals surface area contributed by atoms with Crippen molar-refractivity contribution >= 4 is 13.4 Å². The second-order valence-electron chi connectivity index (χ2n) is 5.40. The van der Waals surface area contributed by atoms with Crippen molar-refractivity contribution in [3.05, 3.63) is 30.3 Å². The van der Waals surface area contributed by atoms with Crippen LogP contribution in [-0.4, -0.2) is 26.9 Å². The normalized spacial score (nSPS) is 12.8. The highest BCUT2D eigenvalue weighted by Gasteiger charge is 2.43. The van der Waals surface area contributed by atoms with Crippen molar-refractivity contribution in [2.75, 3.05) is 14.1 Å². The van der Waals surface area contributed by atoms with Crippen LogP contribution in [0.2, 0.25) is 11.1 Å². The molecule has 2 heteroatoms. The fourth-order valence-electron chi connectivity index (χ4n) is 3.33. The fraction of sp³-hybridized carbons (Fsp3) is 0.571. The Hall–Kier alpha value is -0.603. The van der Waals surface area contributed by atoms with E-state index < -0.39 is 8.24 Å². The largest absolute Gasteiger partial charge is 0.325 e. The first-order chi connectivity index (χ1) is 7.44. The van der Waals surface area contributed by atoms with Gasteiger partial charge in [-0.1, -0.05) is 58.0 Å². The van der Waals surface area contributed by atoms with Crippen LogP contribution in [0, 0.1) is 0 Å². The molecule has 0 spiro atoms. The second kappa shape index (κ2) is 5.15. The van der Waals surface area contributed by atoms with Crippen molar-refractivity contribution in [3.8, 4) is 0 Å². The highest BCUT2D eigenvalue weighted by molar-refractivity contribution is 6.91. The van der Waals surface area contributed by atoms with E-state index in [-0.39, 0.29) is 0 Å². The molecule has 0 bridgehead atoms. The lowest BCUT2D eigenvalue weighted by atomic mass is 10.4. The molecule has 0 radical (unpaired) electrons. The molecule has 0 unspecified atom stereocenters. The summed E-state index contributed by atoms with van der Waals surface area (Å²) < 4.78 is 2.51. The summed E-state index contributed by atoms with van der Waals surface area (Å²) in [5.41, 5.74) is 1.45. The van der Waals surface area contributed by atoms with Crippen molar-refractivity contribution in [2.45, 2.75) is 38.8 Å². The zero-order chi connectivity index (χ0) is 12.3. The van der Waals surface area contributed by atoms with E-state index in [1.165, 1.54) is 0 Å². The average molecular weight is 235 g/mol. The van der Waals surface area contributed by atoms with Gasteiger partial charge in [0.2, 0.25) is 0 Å². The van der Waals surface area contributed by atoms with E-state index in [1.54, 1.807) is 5.19 Å². The van der Waals surface area contributed by atoms with E-state index in [4.69, 9.17) is 0 Å². The highest BCUT2D eigenvalue weighted by Crippen LogP contribution is 2.33. The van der Waals surface area contributed by atoms with Gasteiger partial charge in [-0.25, -0.2) is 0 Å². The Morgan fingerprint density at radius 1 is 0.875 bits per heavy atom. The summed E-state index contributed by atoms with van der Waals surface area (Å²) in [6, 6.07) is 11.1. The molecular weight excluding hydrogens is 210 g/mol. The van der Waals surface area contributed by atoms with Gasteiger partial charge in [0.15, 0.2) is 8.24 Å². The average Bonchev–Trinajstić information content (AvgIpc) is 2.18. The van der Waals surface area contributed by atoms with E-state index >= 15 is 0 Å². The monoisotopic (exact) mass is 235 g/mol. The van der Waals surface area contributed by atoms with E-state index in [0.717, 1.165) is 11.1 Å². The van der Waals surface area contributed by atoms with Crippen LogP contribution in [0.15, 0.2) is 30.3 Å². The van der Waals surface area contributed by atoms with Crippen molar-refractivity contribution < 1.29 is 0 Å². The number of hydrogen-bond donors (Lipinski definition) is 0. The van der Waals surface area contributed by atoms with Crippen LogP contribution in [-0.2, 0) is 0 Å². The van der Waals surface area contributed by atoms with Gasteiger partial charge in [0, 0.05) is 0 Å². The fourth-order valence-corrected chi connectivity index (χ4v) is 9.30. The van der Waals surface area contributed by atoms with Crippen LogP contribution in [0.5, 0.6) is 0 Å². The molecule has 0 aliphatic rings. The van der Waals surface area contributed by atoms with Crippen molar-refractivity contribution in [1.29, 1.82) is 0 Å². The van der Waals surface area contributed by atoms with Crippen LogP contribution in [0.4, 0.5) is 0 Å². The maximum atomic E-state index is 2.51. The van der Waals surface area contributed by atoms with Gasteiger partial charge in [-0.2, -0.15) is 0 Å². The molecule has 16 heavy (non-hydrogen) atoms. The SMILES string of the molecule is CC(C)[Si](c1ccccc1)(C(C)C)N(C)C. The Labute approximate surface area is 102 Å². The lowest BCUT2D eigenvalue weighted by Gasteiger charge is -2.45. The predicted octanol–water partition coefficient (Wildman–Crippen LogP) is 3.22. The maximum Gasteiger partial charge on any atom is 0.165 e. The molecule has 0 saturated heterocycles. The van der Waals surface area contributed by atoms with Crippen molar-refractivity contribution in [3.63, 3.8) is 0 Å². The zero-order valence-electron chi connectivity index (χ0n) is 11.5. The summed E-state index contributed by atoms with van der Waals surface area (Å²) in [6.45, 7) is 9.50. The van der Waals surface area contributed by atoms with E-state index in [2.05, 4.69) is 76.7 Å². The number of hydrogen-bond acceptors (Lipinski definition) is 1. The molecule has 0 atom stereocenters. The van der Waals surface area contributed by atoms with Crippen LogP contribution in [0.1, 0.15) is 27.7 Å². The van der Waals surface area contributed by atoms with Crippen molar-refractivity contribution in [2.24, 2.45) is 0 Å². The molecule has 0 heterocycles. The summed E-state index contributed by atoms with van der Waals surface area (Å²) in [5.74, 6) is 0. The maximum absolute atomic E-state index is 2.51. The number of nitrogens with zero attached hydrogens (tertiary/aromatic N) is 1. The van der Waals surface area contributed by atoms with Gasteiger partial charge in [0.25, 0.3) is 0 Å². The first-order valence-corrected chi connectivity index (χ1v) is 8.27. The minimum atomic E-state index is -1.57. The first-order valence-electron chi connectivity index (χ1n) is 6.17. The number of benzene rings is 1. The molecule has 0 fully saturated rings. The quantitative estimate of drug-likeness (QED) is 0.724. The van der Waals surface area contributed by atoms with E-state index in [1.807, 2.05) is 0 Å². The lowest BCUT2D eigenvalue weighted by molar-refractivity contribution is 0.582. The Balaban J connectivity index is 3.34. The minimum absolute atomic E-state index is 0.727.